The number of carboxylic acid groups (broad SMARTS) is 1. The molecule has 3 heteroatoms. The van der Waals surface area contributed by atoms with Gasteiger partial charge in [-0.2, -0.15) is 0 Å². The van der Waals surface area contributed by atoms with Crippen molar-refractivity contribution in [3.8, 4) is 0 Å². The van der Waals surface area contributed by atoms with Gasteiger partial charge in [-0.05, 0) is 31.1 Å². The second kappa shape index (κ2) is 4.12. The van der Waals surface area contributed by atoms with Gasteiger partial charge in [0.1, 0.15) is 0 Å². The number of rotatable bonds is 5. The van der Waals surface area contributed by atoms with Crippen LogP contribution < -0.4 is 0 Å². The maximum atomic E-state index is 10.8. The van der Waals surface area contributed by atoms with Crippen LogP contribution >= 0.6 is 0 Å². The van der Waals surface area contributed by atoms with E-state index >= 15 is 0 Å². The van der Waals surface area contributed by atoms with Gasteiger partial charge in [0.15, 0.2) is 0 Å². The molecular weight excluding hydrogens is 190 g/mol. The molecule has 86 valence electrons. The summed E-state index contributed by atoms with van der Waals surface area (Å²) in [6, 6.07) is 0.738. The monoisotopic (exact) mass is 211 g/mol. The van der Waals surface area contributed by atoms with Gasteiger partial charge in [0, 0.05) is 19.1 Å². The van der Waals surface area contributed by atoms with Crippen molar-refractivity contribution in [3.63, 3.8) is 0 Å². The van der Waals surface area contributed by atoms with Crippen LogP contribution in [0, 0.1) is 17.8 Å². The van der Waals surface area contributed by atoms with Crippen molar-refractivity contribution < 1.29 is 9.90 Å². The Bertz CT molecular complexity index is 244. The van der Waals surface area contributed by atoms with Crippen molar-refractivity contribution >= 4 is 5.97 Å². The highest BCUT2D eigenvalue weighted by Gasteiger charge is 2.42. The Hall–Kier alpha value is -0.570. The average molecular weight is 211 g/mol. The number of nitrogens with zero attached hydrogens (tertiary/aromatic N) is 1. The summed E-state index contributed by atoms with van der Waals surface area (Å²) < 4.78 is 0. The first-order valence-corrected chi connectivity index (χ1v) is 6.10. The average Bonchev–Trinajstić information content (AvgIpc) is 2.92. The zero-order chi connectivity index (χ0) is 11.0. The van der Waals surface area contributed by atoms with Crippen LogP contribution in [0.25, 0.3) is 0 Å². The van der Waals surface area contributed by atoms with E-state index in [0.29, 0.717) is 5.92 Å². The topological polar surface area (TPSA) is 40.5 Å². The fourth-order valence-corrected chi connectivity index (χ4v) is 2.71. The Balaban J connectivity index is 1.79. The summed E-state index contributed by atoms with van der Waals surface area (Å²) in [5, 5.41) is 8.90. The SMILES string of the molecule is CCC(C1CC1)N1CC(C(C)C(=O)O)C1. The number of carbonyl (C=O) groups is 1. The normalized spacial score (nSPS) is 27.1. The molecule has 0 radical (unpaired) electrons. The second-order valence-corrected chi connectivity index (χ2v) is 5.15. The van der Waals surface area contributed by atoms with Crippen molar-refractivity contribution in [2.45, 2.75) is 39.2 Å². The Morgan fingerprint density at radius 2 is 2.00 bits per heavy atom. The lowest BCUT2D eigenvalue weighted by atomic mass is 9.85. The molecule has 0 aromatic heterocycles. The van der Waals surface area contributed by atoms with E-state index in [0.717, 1.165) is 25.0 Å². The Kier molecular flexibility index (Phi) is 3.01. The van der Waals surface area contributed by atoms with Gasteiger partial charge < -0.3 is 5.11 Å². The molecule has 2 atom stereocenters. The summed E-state index contributed by atoms with van der Waals surface area (Å²) in [4.78, 5) is 13.3. The highest BCUT2D eigenvalue weighted by molar-refractivity contribution is 5.70. The second-order valence-electron chi connectivity index (χ2n) is 5.15. The van der Waals surface area contributed by atoms with Crippen LogP contribution in [0.3, 0.4) is 0 Å². The fourth-order valence-electron chi connectivity index (χ4n) is 2.71. The molecule has 0 aromatic rings. The van der Waals surface area contributed by atoms with E-state index in [1.54, 1.807) is 0 Å². The minimum absolute atomic E-state index is 0.169. The van der Waals surface area contributed by atoms with Gasteiger partial charge in [-0.15, -0.1) is 0 Å². The van der Waals surface area contributed by atoms with Gasteiger partial charge in [-0.3, -0.25) is 9.69 Å². The van der Waals surface area contributed by atoms with E-state index < -0.39 is 5.97 Å². The van der Waals surface area contributed by atoms with Crippen molar-refractivity contribution in [1.82, 2.24) is 4.90 Å². The van der Waals surface area contributed by atoms with Gasteiger partial charge in [-0.25, -0.2) is 0 Å². The lowest BCUT2D eigenvalue weighted by Gasteiger charge is -2.46. The first-order valence-electron chi connectivity index (χ1n) is 6.10. The van der Waals surface area contributed by atoms with Crippen LogP contribution in [-0.4, -0.2) is 35.1 Å². The van der Waals surface area contributed by atoms with Crippen LogP contribution in [-0.2, 0) is 4.79 Å². The third kappa shape index (κ3) is 2.17. The minimum Gasteiger partial charge on any atom is -0.481 e. The number of hydrogen-bond donors (Lipinski definition) is 1. The van der Waals surface area contributed by atoms with Crippen molar-refractivity contribution in [3.05, 3.63) is 0 Å². The van der Waals surface area contributed by atoms with Gasteiger partial charge >= 0.3 is 5.97 Å². The highest BCUT2D eigenvalue weighted by atomic mass is 16.4. The lowest BCUT2D eigenvalue weighted by molar-refractivity contribution is -0.146. The molecule has 2 rings (SSSR count). The molecule has 3 nitrogen and oxygen atoms in total. The van der Waals surface area contributed by atoms with E-state index in [2.05, 4.69) is 11.8 Å². The molecule has 15 heavy (non-hydrogen) atoms. The quantitative estimate of drug-likeness (QED) is 0.754. The summed E-state index contributed by atoms with van der Waals surface area (Å²) in [6.45, 7) is 6.09. The Morgan fingerprint density at radius 3 is 2.40 bits per heavy atom. The van der Waals surface area contributed by atoms with E-state index in [9.17, 15) is 4.79 Å². The van der Waals surface area contributed by atoms with Crippen LogP contribution in [0.2, 0.25) is 0 Å². The molecule has 1 aliphatic heterocycles. The molecule has 1 N–H and O–H groups in total. The largest absolute Gasteiger partial charge is 0.481 e. The highest BCUT2D eigenvalue weighted by Crippen LogP contribution is 2.40. The third-order valence-electron chi connectivity index (χ3n) is 4.09. The summed E-state index contributed by atoms with van der Waals surface area (Å²) in [6.07, 6.45) is 3.99. The van der Waals surface area contributed by atoms with Crippen LogP contribution in [0.15, 0.2) is 0 Å². The molecule has 0 spiro atoms. The predicted molar refractivity (Wildman–Crippen MR) is 58.7 cm³/mol. The molecule has 0 amide bonds. The molecule has 1 saturated carbocycles. The summed E-state index contributed by atoms with van der Waals surface area (Å²) in [5.41, 5.74) is 0. The molecular formula is C12H21NO2. The number of likely N-dealkylation sites (tertiary alicyclic amines) is 1. The molecule has 2 unspecified atom stereocenters. The van der Waals surface area contributed by atoms with Gasteiger partial charge in [0.05, 0.1) is 5.92 Å². The fraction of sp³-hybridized carbons (Fsp3) is 0.917. The molecule has 1 saturated heterocycles. The molecule has 2 fully saturated rings. The van der Waals surface area contributed by atoms with E-state index in [1.807, 2.05) is 6.92 Å². The van der Waals surface area contributed by atoms with Crippen LogP contribution in [0.5, 0.6) is 0 Å². The standard InChI is InChI=1S/C12H21NO2/c1-3-11(9-4-5-9)13-6-10(7-13)8(2)12(14)15/h8-11H,3-7H2,1-2H3,(H,14,15). The van der Waals surface area contributed by atoms with Crippen molar-refractivity contribution in [2.75, 3.05) is 13.1 Å². The van der Waals surface area contributed by atoms with Crippen molar-refractivity contribution in [2.24, 2.45) is 17.8 Å². The zero-order valence-electron chi connectivity index (χ0n) is 9.65. The lowest BCUT2D eigenvalue weighted by Crippen LogP contribution is -2.55. The van der Waals surface area contributed by atoms with E-state index in [4.69, 9.17) is 5.11 Å². The first-order chi connectivity index (χ1) is 7.13. The molecule has 2 aliphatic rings. The number of carboxylic acids is 1. The number of aliphatic carboxylic acids is 1. The maximum Gasteiger partial charge on any atom is 0.306 e. The third-order valence-corrected chi connectivity index (χ3v) is 4.09. The molecule has 0 aromatic carbocycles. The smallest absolute Gasteiger partial charge is 0.306 e. The number of hydrogen-bond acceptors (Lipinski definition) is 2. The van der Waals surface area contributed by atoms with Gasteiger partial charge in [-0.1, -0.05) is 13.8 Å². The maximum absolute atomic E-state index is 10.8. The summed E-state index contributed by atoms with van der Waals surface area (Å²) in [5.74, 6) is 0.489. The molecule has 1 heterocycles. The minimum atomic E-state index is -0.640. The van der Waals surface area contributed by atoms with Gasteiger partial charge in [0.2, 0.25) is 0 Å². The van der Waals surface area contributed by atoms with E-state index in [1.165, 1.54) is 19.3 Å². The van der Waals surface area contributed by atoms with E-state index in [-0.39, 0.29) is 5.92 Å². The molecule has 1 aliphatic carbocycles. The Morgan fingerprint density at radius 1 is 1.40 bits per heavy atom. The first kappa shape index (κ1) is 10.9. The Labute approximate surface area is 91.5 Å². The summed E-state index contributed by atoms with van der Waals surface area (Å²) in [7, 11) is 0. The van der Waals surface area contributed by atoms with Crippen molar-refractivity contribution in [1.29, 1.82) is 0 Å². The van der Waals surface area contributed by atoms with Crippen LogP contribution in [0.4, 0.5) is 0 Å². The molecule has 0 bridgehead atoms. The van der Waals surface area contributed by atoms with Crippen LogP contribution in [0.1, 0.15) is 33.1 Å². The van der Waals surface area contributed by atoms with Gasteiger partial charge in [0.25, 0.3) is 0 Å². The predicted octanol–water partition coefficient (Wildman–Crippen LogP) is 1.83. The summed E-state index contributed by atoms with van der Waals surface area (Å²) >= 11 is 0. The zero-order valence-corrected chi connectivity index (χ0v) is 9.65.